The van der Waals surface area contributed by atoms with E-state index in [1.54, 1.807) is 0 Å². The van der Waals surface area contributed by atoms with Crippen LogP contribution in [0.1, 0.15) is 28.4 Å². The van der Waals surface area contributed by atoms with E-state index in [-0.39, 0.29) is 11.9 Å². The Hall–Kier alpha value is -3.43. The molecule has 1 atom stereocenters. The van der Waals surface area contributed by atoms with Crippen LogP contribution in [-0.2, 0) is 0 Å². The van der Waals surface area contributed by atoms with E-state index in [2.05, 4.69) is 78.9 Å². The molecule has 0 aromatic heterocycles. The molecule has 0 bridgehead atoms. The van der Waals surface area contributed by atoms with E-state index in [4.69, 9.17) is 0 Å². The summed E-state index contributed by atoms with van der Waals surface area (Å²) >= 11 is 0. The van der Waals surface area contributed by atoms with Crippen molar-refractivity contribution >= 4 is 16.7 Å². The normalized spacial score (nSPS) is 12.1. The van der Waals surface area contributed by atoms with Gasteiger partial charge in [0.2, 0.25) is 0 Å². The van der Waals surface area contributed by atoms with Crippen molar-refractivity contribution < 1.29 is 4.79 Å². The molecule has 0 aliphatic carbocycles. The third-order valence-corrected chi connectivity index (χ3v) is 5.74. The first-order chi connectivity index (χ1) is 15.1. The molecule has 4 aromatic rings. The first-order valence-corrected chi connectivity index (χ1v) is 10.7. The van der Waals surface area contributed by atoms with Gasteiger partial charge in [-0.25, -0.2) is 0 Å². The second kappa shape index (κ2) is 9.59. The molecule has 0 heterocycles. The molecule has 0 fully saturated rings. The second-order valence-corrected chi connectivity index (χ2v) is 8.07. The lowest BCUT2D eigenvalue weighted by molar-refractivity contribution is 0.0949. The van der Waals surface area contributed by atoms with Gasteiger partial charge in [-0.3, -0.25) is 4.79 Å². The predicted molar refractivity (Wildman–Crippen MR) is 129 cm³/mol. The largest absolute Gasteiger partial charge is 0.352 e. The summed E-state index contributed by atoms with van der Waals surface area (Å²) in [5, 5.41) is 5.58. The summed E-state index contributed by atoms with van der Waals surface area (Å²) < 4.78 is 0. The summed E-state index contributed by atoms with van der Waals surface area (Å²) in [6, 6.07) is 33.3. The molecule has 0 radical (unpaired) electrons. The van der Waals surface area contributed by atoms with Gasteiger partial charge in [-0.05, 0) is 66.2 Å². The number of carbonyl (C=O) groups excluding carboxylic acids is 1. The zero-order valence-electron chi connectivity index (χ0n) is 18.1. The Labute approximate surface area is 184 Å². The Kier molecular flexibility index (Phi) is 6.44. The first-order valence-electron chi connectivity index (χ1n) is 10.7. The molecule has 1 amide bonds. The fraction of sp³-hybridized carbons (Fsp3) is 0.179. The Morgan fingerprint density at radius 1 is 0.774 bits per heavy atom. The highest BCUT2D eigenvalue weighted by Crippen LogP contribution is 2.25. The zero-order chi connectivity index (χ0) is 21.6. The molecule has 0 saturated heterocycles. The van der Waals surface area contributed by atoms with Crippen molar-refractivity contribution in [1.29, 1.82) is 0 Å². The van der Waals surface area contributed by atoms with Crippen LogP contribution < -0.4 is 5.32 Å². The van der Waals surface area contributed by atoms with Crippen LogP contribution in [0.5, 0.6) is 0 Å². The Bertz CT molecular complexity index is 1150. The number of nitrogens with zero attached hydrogens (tertiary/aromatic N) is 1. The van der Waals surface area contributed by atoms with E-state index in [1.807, 2.05) is 42.5 Å². The summed E-state index contributed by atoms with van der Waals surface area (Å²) in [7, 11) is 4.17. The summed E-state index contributed by atoms with van der Waals surface area (Å²) in [6.45, 7) is 0.620. The molecule has 0 saturated carbocycles. The number of rotatable bonds is 7. The number of hydrogen-bond donors (Lipinski definition) is 1. The van der Waals surface area contributed by atoms with Crippen molar-refractivity contribution in [2.24, 2.45) is 0 Å². The van der Waals surface area contributed by atoms with Crippen LogP contribution in [0.25, 0.3) is 21.9 Å². The van der Waals surface area contributed by atoms with E-state index in [0.717, 1.165) is 17.5 Å². The van der Waals surface area contributed by atoms with Gasteiger partial charge in [-0.15, -0.1) is 0 Å². The smallest absolute Gasteiger partial charge is 0.251 e. The van der Waals surface area contributed by atoms with Crippen LogP contribution >= 0.6 is 0 Å². The third-order valence-electron chi connectivity index (χ3n) is 5.74. The quantitative estimate of drug-likeness (QED) is 0.411. The van der Waals surface area contributed by atoms with Crippen LogP contribution in [-0.4, -0.2) is 31.4 Å². The van der Waals surface area contributed by atoms with E-state index in [9.17, 15) is 4.79 Å². The van der Waals surface area contributed by atoms with Gasteiger partial charge >= 0.3 is 0 Å². The van der Waals surface area contributed by atoms with Crippen LogP contribution in [0, 0.1) is 0 Å². The molecule has 4 aromatic carbocycles. The number of nitrogens with one attached hydrogen (secondary N) is 1. The lowest BCUT2D eigenvalue weighted by Crippen LogP contribution is -2.29. The molecule has 4 rings (SSSR count). The molecule has 1 unspecified atom stereocenters. The molecule has 0 spiro atoms. The lowest BCUT2D eigenvalue weighted by atomic mass is 9.99. The van der Waals surface area contributed by atoms with Crippen LogP contribution in [0.15, 0.2) is 97.1 Å². The molecule has 3 nitrogen and oxygen atoms in total. The number of benzene rings is 4. The molecule has 0 aliphatic heterocycles. The molecule has 3 heteroatoms. The van der Waals surface area contributed by atoms with E-state index < -0.39 is 0 Å². The summed E-state index contributed by atoms with van der Waals surface area (Å²) in [4.78, 5) is 14.8. The highest BCUT2D eigenvalue weighted by Gasteiger charge is 2.15. The van der Waals surface area contributed by atoms with Crippen LogP contribution in [0.2, 0.25) is 0 Å². The molecule has 1 N–H and O–H groups in total. The monoisotopic (exact) mass is 408 g/mol. The van der Waals surface area contributed by atoms with Crippen LogP contribution in [0.4, 0.5) is 0 Å². The highest BCUT2D eigenvalue weighted by atomic mass is 16.1. The minimum absolute atomic E-state index is 0.0318. The SMILES string of the molecule is CN(C)C(CCNC(=O)c1ccc(-c2ccccc2)cc1)c1ccc2ccccc2c1. The average Bonchev–Trinajstić information content (AvgIpc) is 2.82. The van der Waals surface area contributed by atoms with Gasteiger partial charge in [-0.2, -0.15) is 0 Å². The van der Waals surface area contributed by atoms with Crippen molar-refractivity contribution in [1.82, 2.24) is 10.2 Å². The maximum absolute atomic E-state index is 12.6. The fourth-order valence-corrected chi connectivity index (χ4v) is 4.01. The van der Waals surface area contributed by atoms with Crippen molar-refractivity contribution in [3.8, 4) is 11.1 Å². The summed E-state index contributed by atoms with van der Waals surface area (Å²) in [6.07, 6.45) is 0.846. The highest BCUT2D eigenvalue weighted by molar-refractivity contribution is 5.94. The molecular weight excluding hydrogens is 380 g/mol. The lowest BCUT2D eigenvalue weighted by Gasteiger charge is -2.25. The van der Waals surface area contributed by atoms with E-state index >= 15 is 0 Å². The summed E-state index contributed by atoms with van der Waals surface area (Å²) in [5.41, 5.74) is 4.22. The van der Waals surface area contributed by atoms with Crippen molar-refractivity contribution in [3.05, 3.63) is 108 Å². The third kappa shape index (κ3) is 5.01. The zero-order valence-corrected chi connectivity index (χ0v) is 18.1. The predicted octanol–water partition coefficient (Wildman–Crippen LogP) is 5.93. The van der Waals surface area contributed by atoms with Gasteiger partial charge in [0.05, 0.1) is 0 Å². The van der Waals surface area contributed by atoms with Gasteiger partial charge in [0.25, 0.3) is 5.91 Å². The van der Waals surface area contributed by atoms with Crippen molar-refractivity contribution in [2.45, 2.75) is 12.5 Å². The molecule has 31 heavy (non-hydrogen) atoms. The van der Waals surface area contributed by atoms with E-state index in [1.165, 1.54) is 16.3 Å². The van der Waals surface area contributed by atoms with E-state index in [0.29, 0.717) is 12.1 Å². The molecule has 156 valence electrons. The molecule has 0 aliphatic rings. The number of hydrogen-bond acceptors (Lipinski definition) is 2. The standard InChI is InChI=1S/C28H28N2O/c1-30(2)27(26-17-14-22-10-6-7-11-25(22)20-26)18-19-29-28(31)24-15-12-23(13-16-24)21-8-4-3-5-9-21/h3-17,20,27H,18-19H2,1-2H3,(H,29,31). The van der Waals surface area contributed by atoms with Crippen molar-refractivity contribution in [3.63, 3.8) is 0 Å². The average molecular weight is 409 g/mol. The van der Waals surface area contributed by atoms with Crippen molar-refractivity contribution in [2.75, 3.05) is 20.6 Å². The Morgan fingerprint density at radius 3 is 2.13 bits per heavy atom. The van der Waals surface area contributed by atoms with Gasteiger partial charge < -0.3 is 10.2 Å². The number of fused-ring (bicyclic) bond motifs is 1. The number of carbonyl (C=O) groups is 1. The topological polar surface area (TPSA) is 32.3 Å². The fourth-order valence-electron chi connectivity index (χ4n) is 4.01. The number of amides is 1. The first kappa shape index (κ1) is 20.8. The minimum atomic E-state index is -0.0318. The maximum atomic E-state index is 12.6. The van der Waals surface area contributed by atoms with Gasteiger partial charge in [0, 0.05) is 18.2 Å². The van der Waals surface area contributed by atoms with Gasteiger partial charge in [-0.1, -0.05) is 78.9 Å². The second-order valence-electron chi connectivity index (χ2n) is 8.07. The Morgan fingerprint density at radius 2 is 1.42 bits per heavy atom. The van der Waals surface area contributed by atoms with Crippen LogP contribution in [0.3, 0.4) is 0 Å². The minimum Gasteiger partial charge on any atom is -0.352 e. The maximum Gasteiger partial charge on any atom is 0.251 e. The molecular formula is C28H28N2O. The van der Waals surface area contributed by atoms with Gasteiger partial charge in [0.1, 0.15) is 0 Å². The Balaban J connectivity index is 1.38. The summed E-state index contributed by atoms with van der Waals surface area (Å²) in [5.74, 6) is -0.0318. The van der Waals surface area contributed by atoms with Gasteiger partial charge in [0.15, 0.2) is 0 Å².